The molecule has 6 heteroatoms. The average molecular weight is 259 g/mol. The Hall–Kier alpha value is -1.46. The normalized spacial score (nSPS) is 11.8. The van der Waals surface area contributed by atoms with Crippen LogP contribution in [0.2, 0.25) is 0 Å². The molecule has 0 radical (unpaired) electrons. The number of para-hydroxylation sites is 1. The lowest BCUT2D eigenvalue weighted by Crippen LogP contribution is -2.25. The fourth-order valence-corrected chi connectivity index (χ4v) is 1.54. The molecule has 0 bridgehead atoms. The summed E-state index contributed by atoms with van der Waals surface area (Å²) in [6, 6.07) is 5.61. The van der Waals surface area contributed by atoms with Crippen LogP contribution in [0.4, 0.5) is 0 Å². The lowest BCUT2D eigenvalue weighted by Gasteiger charge is -2.07. The van der Waals surface area contributed by atoms with E-state index in [1.807, 2.05) is 18.2 Å². The van der Waals surface area contributed by atoms with Crippen LogP contribution >= 0.6 is 12.4 Å². The maximum atomic E-state index is 11.3. The molecule has 1 aromatic rings. The zero-order chi connectivity index (χ0) is 11.4. The van der Waals surface area contributed by atoms with Crippen LogP contribution in [0.15, 0.2) is 18.2 Å². The zero-order valence-corrected chi connectivity index (χ0v) is 10.1. The summed E-state index contributed by atoms with van der Waals surface area (Å²) in [5.41, 5.74) is 6.20. The summed E-state index contributed by atoms with van der Waals surface area (Å²) in [4.78, 5) is 11.3. The van der Waals surface area contributed by atoms with Crippen LogP contribution in [-0.4, -0.2) is 19.2 Å². The highest BCUT2D eigenvalue weighted by Crippen LogP contribution is 2.35. The predicted octanol–water partition coefficient (Wildman–Crippen LogP) is 0.802. The van der Waals surface area contributed by atoms with Gasteiger partial charge in [0.25, 0.3) is 0 Å². The lowest BCUT2D eigenvalue weighted by atomic mass is 10.2. The molecule has 2 rings (SSSR count). The first-order chi connectivity index (χ1) is 7.81. The van der Waals surface area contributed by atoms with Gasteiger partial charge in [0.2, 0.25) is 12.7 Å². The minimum atomic E-state index is -0.0565. The van der Waals surface area contributed by atoms with Crippen LogP contribution in [0.1, 0.15) is 12.0 Å². The summed E-state index contributed by atoms with van der Waals surface area (Å²) in [5, 5.41) is 2.78. The first-order valence-corrected chi connectivity index (χ1v) is 5.15. The number of ether oxygens (including phenoxy) is 2. The number of halogens is 1. The molecule has 1 heterocycles. The number of rotatable bonds is 4. The largest absolute Gasteiger partial charge is 0.454 e. The van der Waals surface area contributed by atoms with Crippen molar-refractivity contribution in [3.8, 4) is 11.5 Å². The third kappa shape index (κ3) is 3.25. The van der Waals surface area contributed by atoms with Gasteiger partial charge in [-0.3, -0.25) is 4.79 Å². The number of benzene rings is 1. The van der Waals surface area contributed by atoms with E-state index >= 15 is 0 Å². The molecule has 0 spiro atoms. The van der Waals surface area contributed by atoms with Crippen molar-refractivity contribution in [3.05, 3.63) is 23.8 Å². The molecular formula is C11H15ClN2O3. The van der Waals surface area contributed by atoms with Crippen LogP contribution in [0.3, 0.4) is 0 Å². The van der Waals surface area contributed by atoms with E-state index in [0.717, 1.165) is 17.1 Å². The highest BCUT2D eigenvalue weighted by molar-refractivity contribution is 5.85. The molecule has 0 aromatic heterocycles. The van der Waals surface area contributed by atoms with Crippen molar-refractivity contribution in [1.82, 2.24) is 5.32 Å². The first kappa shape index (κ1) is 13.6. The second kappa shape index (κ2) is 6.32. The average Bonchev–Trinajstić information content (AvgIpc) is 2.75. The van der Waals surface area contributed by atoms with Crippen molar-refractivity contribution >= 4 is 18.3 Å². The van der Waals surface area contributed by atoms with Crippen molar-refractivity contribution in [1.29, 1.82) is 0 Å². The van der Waals surface area contributed by atoms with Gasteiger partial charge in [0.1, 0.15) is 0 Å². The molecule has 0 saturated heterocycles. The number of nitrogens with one attached hydrogen (secondary N) is 1. The predicted molar refractivity (Wildman–Crippen MR) is 65.3 cm³/mol. The molecule has 0 saturated carbocycles. The standard InChI is InChI=1S/C11H14N2O3.ClH/c12-5-4-10(14)13-6-8-2-1-3-9-11(8)16-7-15-9;/h1-3H,4-7,12H2,(H,13,14);1H. The monoisotopic (exact) mass is 258 g/mol. The Bertz CT molecular complexity index is 398. The van der Waals surface area contributed by atoms with Gasteiger partial charge in [0, 0.05) is 25.1 Å². The molecular weight excluding hydrogens is 244 g/mol. The van der Waals surface area contributed by atoms with E-state index < -0.39 is 0 Å². The second-order valence-electron chi connectivity index (χ2n) is 3.47. The minimum Gasteiger partial charge on any atom is -0.454 e. The van der Waals surface area contributed by atoms with E-state index in [0.29, 0.717) is 19.5 Å². The Morgan fingerprint density at radius 1 is 1.41 bits per heavy atom. The number of nitrogens with two attached hydrogens (primary N) is 1. The minimum absolute atomic E-state index is 0. The smallest absolute Gasteiger partial charge is 0.231 e. The van der Waals surface area contributed by atoms with Gasteiger partial charge in [0.15, 0.2) is 11.5 Å². The number of carbonyl (C=O) groups is 1. The van der Waals surface area contributed by atoms with Crippen LogP contribution in [-0.2, 0) is 11.3 Å². The van der Waals surface area contributed by atoms with E-state index in [9.17, 15) is 4.79 Å². The summed E-state index contributed by atoms with van der Waals surface area (Å²) in [6.45, 7) is 1.03. The van der Waals surface area contributed by atoms with Gasteiger partial charge >= 0.3 is 0 Å². The van der Waals surface area contributed by atoms with E-state index in [1.165, 1.54) is 0 Å². The third-order valence-electron chi connectivity index (χ3n) is 2.33. The van der Waals surface area contributed by atoms with Gasteiger partial charge in [0.05, 0.1) is 0 Å². The zero-order valence-electron chi connectivity index (χ0n) is 9.27. The van der Waals surface area contributed by atoms with Crippen molar-refractivity contribution in [3.63, 3.8) is 0 Å². The molecule has 0 aliphatic carbocycles. The van der Waals surface area contributed by atoms with E-state index in [4.69, 9.17) is 15.2 Å². The fraction of sp³-hybridized carbons (Fsp3) is 0.364. The molecule has 17 heavy (non-hydrogen) atoms. The SMILES string of the molecule is Cl.NCCC(=O)NCc1cccc2c1OCO2. The first-order valence-electron chi connectivity index (χ1n) is 5.15. The molecule has 94 valence electrons. The van der Waals surface area contributed by atoms with Gasteiger partial charge in [-0.15, -0.1) is 12.4 Å². The van der Waals surface area contributed by atoms with Crippen molar-refractivity contribution in [2.45, 2.75) is 13.0 Å². The van der Waals surface area contributed by atoms with Gasteiger partial charge in [-0.05, 0) is 6.07 Å². The molecule has 0 unspecified atom stereocenters. The van der Waals surface area contributed by atoms with Crippen molar-refractivity contribution in [2.75, 3.05) is 13.3 Å². The topological polar surface area (TPSA) is 73.6 Å². The molecule has 3 N–H and O–H groups in total. The Labute approximate surface area is 106 Å². The number of amides is 1. The van der Waals surface area contributed by atoms with Crippen LogP contribution in [0, 0.1) is 0 Å². The van der Waals surface area contributed by atoms with Crippen molar-refractivity contribution in [2.24, 2.45) is 5.73 Å². The summed E-state index contributed by atoms with van der Waals surface area (Å²) in [5.74, 6) is 1.39. The van der Waals surface area contributed by atoms with Crippen LogP contribution in [0.25, 0.3) is 0 Å². The maximum absolute atomic E-state index is 11.3. The second-order valence-corrected chi connectivity index (χ2v) is 3.47. The summed E-state index contributed by atoms with van der Waals surface area (Å²) >= 11 is 0. The highest BCUT2D eigenvalue weighted by Gasteiger charge is 2.17. The number of fused-ring (bicyclic) bond motifs is 1. The Kier molecular flexibility index (Phi) is 5.06. The molecule has 0 atom stereocenters. The molecule has 1 amide bonds. The van der Waals surface area contributed by atoms with Gasteiger partial charge in [-0.25, -0.2) is 0 Å². The Morgan fingerprint density at radius 2 is 2.24 bits per heavy atom. The number of hydrogen-bond donors (Lipinski definition) is 2. The van der Waals surface area contributed by atoms with Crippen LogP contribution in [0.5, 0.6) is 11.5 Å². The fourth-order valence-electron chi connectivity index (χ4n) is 1.54. The molecule has 0 fully saturated rings. The van der Waals surface area contributed by atoms with Gasteiger partial charge < -0.3 is 20.5 Å². The van der Waals surface area contributed by atoms with Crippen molar-refractivity contribution < 1.29 is 14.3 Å². The van der Waals surface area contributed by atoms with E-state index in [1.54, 1.807) is 0 Å². The summed E-state index contributed by atoms with van der Waals surface area (Å²) < 4.78 is 10.6. The Morgan fingerprint density at radius 3 is 3.00 bits per heavy atom. The lowest BCUT2D eigenvalue weighted by molar-refractivity contribution is -0.121. The summed E-state index contributed by atoms with van der Waals surface area (Å²) in [7, 11) is 0. The quantitative estimate of drug-likeness (QED) is 0.838. The van der Waals surface area contributed by atoms with E-state index in [2.05, 4.69) is 5.32 Å². The Balaban J connectivity index is 0.00000144. The molecule has 1 aliphatic rings. The molecule has 1 aliphatic heterocycles. The third-order valence-corrected chi connectivity index (χ3v) is 2.33. The van der Waals surface area contributed by atoms with Gasteiger partial charge in [-0.2, -0.15) is 0 Å². The molecule has 5 nitrogen and oxygen atoms in total. The number of carbonyl (C=O) groups excluding carboxylic acids is 1. The van der Waals surface area contributed by atoms with E-state index in [-0.39, 0.29) is 25.1 Å². The number of hydrogen-bond acceptors (Lipinski definition) is 4. The summed E-state index contributed by atoms with van der Waals surface area (Å²) in [6.07, 6.45) is 0.340. The van der Waals surface area contributed by atoms with Crippen LogP contribution < -0.4 is 20.5 Å². The molecule has 1 aromatic carbocycles. The van der Waals surface area contributed by atoms with Gasteiger partial charge in [-0.1, -0.05) is 12.1 Å². The maximum Gasteiger partial charge on any atom is 0.231 e. The highest BCUT2D eigenvalue weighted by atomic mass is 35.5.